The lowest BCUT2D eigenvalue weighted by Crippen LogP contribution is -2.50. The first-order chi connectivity index (χ1) is 15.1. The maximum atomic E-state index is 13.0. The predicted molar refractivity (Wildman–Crippen MR) is 128 cm³/mol. The second kappa shape index (κ2) is 8.62. The van der Waals surface area contributed by atoms with Crippen LogP contribution in [-0.4, -0.2) is 59.1 Å². The van der Waals surface area contributed by atoms with Crippen LogP contribution >= 0.6 is 22.9 Å². The van der Waals surface area contributed by atoms with E-state index in [2.05, 4.69) is 25.8 Å². The third kappa shape index (κ3) is 4.47. The fourth-order valence-electron chi connectivity index (χ4n) is 3.61. The van der Waals surface area contributed by atoms with Gasteiger partial charge in [0.1, 0.15) is 0 Å². The number of carbonyl (C=O) groups excluding carboxylic acids is 1. The van der Waals surface area contributed by atoms with Crippen molar-refractivity contribution in [3.63, 3.8) is 0 Å². The lowest BCUT2D eigenvalue weighted by molar-refractivity contribution is -0.127. The number of amides is 1. The summed E-state index contributed by atoms with van der Waals surface area (Å²) in [7, 11) is -3.60. The lowest BCUT2D eigenvalue weighted by atomic mass is 9.87. The van der Waals surface area contributed by atoms with E-state index in [0.717, 1.165) is 10.5 Å². The fourth-order valence-corrected chi connectivity index (χ4v) is 6.03. The van der Waals surface area contributed by atoms with Crippen molar-refractivity contribution in [2.75, 3.05) is 26.2 Å². The highest BCUT2D eigenvalue weighted by Crippen LogP contribution is 2.25. The molecule has 0 aliphatic carbocycles. The van der Waals surface area contributed by atoms with Crippen molar-refractivity contribution in [1.29, 1.82) is 0 Å². The molecule has 0 atom stereocenters. The molecule has 3 aromatic rings. The molecule has 0 spiro atoms. The van der Waals surface area contributed by atoms with Crippen molar-refractivity contribution >= 4 is 49.9 Å². The molecule has 0 saturated carbocycles. The standard InChI is InChI=1S/C22H25ClN4O3S2/c1-22(2,3)16-4-6-17(7-5-16)32(29,30)26-12-10-25(11-13-26)19(28)9-8-18-20(23)24-21-27(18)14-15-31-21/h4-9,14-15H,10-13H2,1-3H3/b9-8+. The van der Waals surface area contributed by atoms with Crippen molar-refractivity contribution in [3.8, 4) is 0 Å². The summed E-state index contributed by atoms with van der Waals surface area (Å²) in [6.45, 7) is 7.44. The summed E-state index contributed by atoms with van der Waals surface area (Å²) in [6.07, 6.45) is 4.96. The van der Waals surface area contributed by atoms with E-state index < -0.39 is 10.0 Å². The molecule has 32 heavy (non-hydrogen) atoms. The van der Waals surface area contributed by atoms with Gasteiger partial charge in [0.25, 0.3) is 0 Å². The zero-order chi connectivity index (χ0) is 23.1. The van der Waals surface area contributed by atoms with Gasteiger partial charge in [0, 0.05) is 43.8 Å². The van der Waals surface area contributed by atoms with Crippen LogP contribution in [0.25, 0.3) is 11.0 Å². The lowest BCUT2D eigenvalue weighted by Gasteiger charge is -2.33. The van der Waals surface area contributed by atoms with E-state index in [4.69, 9.17) is 11.6 Å². The van der Waals surface area contributed by atoms with Crippen LogP contribution in [0.5, 0.6) is 0 Å². The molecule has 7 nitrogen and oxygen atoms in total. The Hall–Kier alpha value is -2.20. The van der Waals surface area contributed by atoms with Gasteiger partial charge < -0.3 is 4.90 Å². The molecular weight excluding hydrogens is 468 g/mol. The van der Waals surface area contributed by atoms with Gasteiger partial charge in [-0.2, -0.15) is 4.31 Å². The Morgan fingerprint density at radius 2 is 1.78 bits per heavy atom. The molecule has 0 radical (unpaired) electrons. The van der Waals surface area contributed by atoms with Crippen molar-refractivity contribution in [2.45, 2.75) is 31.1 Å². The maximum Gasteiger partial charge on any atom is 0.246 e. The number of carbonyl (C=O) groups is 1. The molecule has 0 unspecified atom stereocenters. The SMILES string of the molecule is CC(C)(C)c1ccc(S(=O)(=O)N2CCN(C(=O)/C=C/c3c(Cl)nc4sccn34)CC2)cc1. The fraction of sp³-hybridized carbons (Fsp3) is 0.364. The molecule has 4 rings (SSSR count). The summed E-state index contributed by atoms with van der Waals surface area (Å²) in [4.78, 5) is 19.6. The third-order valence-electron chi connectivity index (χ3n) is 5.55. The first-order valence-corrected chi connectivity index (χ1v) is 13.0. The second-order valence-corrected chi connectivity index (χ2v) is 11.8. The van der Waals surface area contributed by atoms with Gasteiger partial charge in [-0.15, -0.1) is 11.3 Å². The van der Waals surface area contributed by atoms with Gasteiger partial charge in [0.15, 0.2) is 10.1 Å². The van der Waals surface area contributed by atoms with Crippen LogP contribution in [0.2, 0.25) is 5.15 Å². The number of fused-ring (bicyclic) bond motifs is 1. The Kier molecular flexibility index (Phi) is 6.19. The van der Waals surface area contributed by atoms with E-state index >= 15 is 0 Å². The van der Waals surface area contributed by atoms with Crippen molar-refractivity contribution < 1.29 is 13.2 Å². The van der Waals surface area contributed by atoms with Crippen LogP contribution in [0.3, 0.4) is 0 Å². The Morgan fingerprint density at radius 3 is 2.41 bits per heavy atom. The number of nitrogens with zero attached hydrogens (tertiary/aromatic N) is 4. The number of benzene rings is 1. The monoisotopic (exact) mass is 492 g/mol. The minimum absolute atomic E-state index is 0.0435. The van der Waals surface area contributed by atoms with Crippen LogP contribution < -0.4 is 0 Å². The van der Waals surface area contributed by atoms with Crippen LogP contribution in [0, 0.1) is 0 Å². The molecule has 1 aromatic carbocycles. The summed E-state index contributed by atoms with van der Waals surface area (Å²) in [5, 5.41) is 2.24. The second-order valence-electron chi connectivity index (χ2n) is 8.68. The summed E-state index contributed by atoms with van der Waals surface area (Å²) >= 11 is 7.63. The minimum Gasteiger partial charge on any atom is -0.337 e. The number of aromatic nitrogens is 2. The van der Waals surface area contributed by atoms with E-state index in [1.165, 1.54) is 21.7 Å². The van der Waals surface area contributed by atoms with Gasteiger partial charge >= 0.3 is 0 Å². The van der Waals surface area contributed by atoms with Gasteiger partial charge in [-0.1, -0.05) is 44.5 Å². The molecule has 1 aliphatic heterocycles. The largest absolute Gasteiger partial charge is 0.337 e. The van der Waals surface area contributed by atoms with Crippen LogP contribution in [0.15, 0.2) is 46.8 Å². The molecule has 2 aromatic heterocycles. The van der Waals surface area contributed by atoms with Gasteiger partial charge in [0.05, 0.1) is 10.6 Å². The summed E-state index contributed by atoms with van der Waals surface area (Å²) < 4.78 is 29.3. The molecule has 3 heterocycles. The average Bonchev–Trinajstić information content (AvgIpc) is 3.32. The highest BCUT2D eigenvalue weighted by molar-refractivity contribution is 7.89. The Bertz CT molecular complexity index is 1260. The maximum absolute atomic E-state index is 13.0. The molecule has 1 aliphatic rings. The Labute approximate surface area is 197 Å². The summed E-state index contributed by atoms with van der Waals surface area (Å²) in [5.74, 6) is -0.183. The molecule has 0 N–H and O–H groups in total. The van der Waals surface area contributed by atoms with E-state index in [1.807, 2.05) is 28.1 Å². The highest BCUT2D eigenvalue weighted by Gasteiger charge is 2.30. The normalized spacial score (nSPS) is 16.3. The zero-order valence-electron chi connectivity index (χ0n) is 18.2. The quantitative estimate of drug-likeness (QED) is 0.518. The number of hydrogen-bond donors (Lipinski definition) is 0. The molecule has 1 fully saturated rings. The number of imidazole rings is 1. The van der Waals surface area contributed by atoms with Crippen molar-refractivity contribution in [2.24, 2.45) is 0 Å². The van der Waals surface area contributed by atoms with Crippen LogP contribution in [-0.2, 0) is 20.2 Å². The molecule has 10 heteroatoms. The van der Waals surface area contributed by atoms with Crippen LogP contribution in [0.1, 0.15) is 32.0 Å². The molecule has 170 valence electrons. The topological polar surface area (TPSA) is 75.0 Å². The molecule has 1 saturated heterocycles. The van der Waals surface area contributed by atoms with Crippen molar-refractivity contribution in [1.82, 2.24) is 18.6 Å². The number of halogens is 1. The number of sulfonamides is 1. The van der Waals surface area contributed by atoms with Crippen LogP contribution in [0.4, 0.5) is 0 Å². The van der Waals surface area contributed by atoms with Crippen molar-refractivity contribution in [3.05, 3.63) is 58.3 Å². The van der Waals surface area contributed by atoms with Gasteiger partial charge in [0.2, 0.25) is 15.9 Å². The number of piperazine rings is 1. The van der Waals surface area contributed by atoms with E-state index in [-0.39, 0.29) is 29.3 Å². The number of hydrogen-bond acceptors (Lipinski definition) is 5. The number of thiazole rings is 1. The minimum atomic E-state index is -3.60. The van der Waals surface area contributed by atoms with Gasteiger partial charge in [-0.05, 0) is 29.2 Å². The van der Waals surface area contributed by atoms with E-state index in [0.29, 0.717) is 23.9 Å². The third-order valence-corrected chi connectivity index (χ3v) is 8.49. The smallest absolute Gasteiger partial charge is 0.246 e. The van der Waals surface area contributed by atoms with Gasteiger partial charge in [-0.25, -0.2) is 13.4 Å². The Balaban J connectivity index is 1.40. The first kappa shape index (κ1) is 23.0. The first-order valence-electron chi connectivity index (χ1n) is 10.3. The summed E-state index contributed by atoms with van der Waals surface area (Å²) in [6, 6.07) is 7.06. The van der Waals surface area contributed by atoms with E-state index in [9.17, 15) is 13.2 Å². The number of rotatable bonds is 4. The predicted octanol–water partition coefficient (Wildman–Crippen LogP) is 3.89. The molecule has 0 bridgehead atoms. The van der Waals surface area contributed by atoms with E-state index in [1.54, 1.807) is 23.1 Å². The average molecular weight is 493 g/mol. The highest BCUT2D eigenvalue weighted by atomic mass is 35.5. The van der Waals surface area contributed by atoms with Gasteiger partial charge in [-0.3, -0.25) is 9.20 Å². The Morgan fingerprint density at radius 1 is 1.12 bits per heavy atom. The summed E-state index contributed by atoms with van der Waals surface area (Å²) in [5.41, 5.74) is 1.69. The zero-order valence-corrected chi connectivity index (χ0v) is 20.5. The molecular formula is C22H25ClN4O3S2. The molecule has 1 amide bonds.